The number of benzene rings is 2. The highest BCUT2D eigenvalue weighted by Crippen LogP contribution is 2.32. The maximum absolute atomic E-state index is 5.99. The molecule has 1 aliphatic heterocycles. The van der Waals surface area contributed by atoms with Crippen LogP contribution in [-0.4, -0.2) is 12.7 Å². The van der Waals surface area contributed by atoms with Crippen LogP contribution in [0, 0.1) is 6.92 Å². The first kappa shape index (κ1) is 11.1. The van der Waals surface area contributed by atoms with E-state index >= 15 is 0 Å². The molecule has 0 fully saturated rings. The summed E-state index contributed by atoms with van der Waals surface area (Å²) in [6, 6.07) is 16.4. The number of rotatable bonds is 2. The lowest BCUT2D eigenvalue weighted by atomic mass is 10.1. The summed E-state index contributed by atoms with van der Waals surface area (Å²) in [5.74, 6) is 1.71. The SMILES string of the molecule is Cc1ccc2c(c1)OC(Cc1ccccc1)CO2. The lowest BCUT2D eigenvalue weighted by molar-refractivity contribution is 0.0912. The fraction of sp³-hybridized carbons (Fsp3) is 0.250. The molecule has 1 heterocycles. The molecule has 0 aromatic heterocycles. The van der Waals surface area contributed by atoms with Crippen molar-refractivity contribution in [2.24, 2.45) is 0 Å². The highest BCUT2D eigenvalue weighted by Gasteiger charge is 2.21. The third kappa shape index (κ3) is 2.33. The van der Waals surface area contributed by atoms with Crippen LogP contribution in [0.5, 0.6) is 11.5 Å². The summed E-state index contributed by atoms with van der Waals surface area (Å²) in [6.45, 7) is 2.68. The Hall–Kier alpha value is -1.96. The third-order valence-electron chi connectivity index (χ3n) is 3.12. The summed E-state index contributed by atoms with van der Waals surface area (Å²) in [7, 11) is 0. The number of aryl methyl sites for hydroxylation is 1. The summed E-state index contributed by atoms with van der Waals surface area (Å²) in [6.07, 6.45) is 0.982. The quantitative estimate of drug-likeness (QED) is 0.801. The zero-order chi connectivity index (χ0) is 12.4. The Labute approximate surface area is 107 Å². The van der Waals surface area contributed by atoms with Crippen molar-refractivity contribution < 1.29 is 9.47 Å². The van der Waals surface area contributed by atoms with Crippen LogP contribution in [0.2, 0.25) is 0 Å². The van der Waals surface area contributed by atoms with Crippen molar-refractivity contribution in [1.82, 2.24) is 0 Å². The highest BCUT2D eigenvalue weighted by molar-refractivity contribution is 5.43. The Kier molecular flexibility index (Phi) is 2.93. The predicted molar refractivity (Wildman–Crippen MR) is 71.2 cm³/mol. The summed E-state index contributed by atoms with van der Waals surface area (Å²) in [4.78, 5) is 0. The van der Waals surface area contributed by atoms with Gasteiger partial charge in [0.05, 0.1) is 0 Å². The molecule has 2 aromatic carbocycles. The maximum Gasteiger partial charge on any atom is 0.162 e. The standard InChI is InChI=1S/C16H16O2/c1-12-7-8-15-16(9-12)18-14(11-17-15)10-13-5-3-2-4-6-13/h2-9,14H,10-11H2,1H3. The molecule has 1 aliphatic rings. The Morgan fingerprint density at radius 1 is 1.06 bits per heavy atom. The van der Waals surface area contributed by atoms with Crippen molar-refractivity contribution in [2.75, 3.05) is 6.61 Å². The van der Waals surface area contributed by atoms with E-state index in [2.05, 4.69) is 31.2 Å². The molecule has 0 radical (unpaired) electrons. The van der Waals surface area contributed by atoms with Crippen molar-refractivity contribution in [2.45, 2.75) is 19.4 Å². The second-order valence-corrected chi connectivity index (χ2v) is 4.69. The van der Waals surface area contributed by atoms with E-state index in [0.29, 0.717) is 6.61 Å². The monoisotopic (exact) mass is 240 g/mol. The zero-order valence-electron chi connectivity index (χ0n) is 10.4. The molecule has 0 spiro atoms. The van der Waals surface area contributed by atoms with Crippen molar-refractivity contribution >= 4 is 0 Å². The largest absolute Gasteiger partial charge is 0.486 e. The average Bonchev–Trinajstić information content (AvgIpc) is 2.39. The van der Waals surface area contributed by atoms with Gasteiger partial charge in [-0.05, 0) is 30.2 Å². The first-order valence-electron chi connectivity index (χ1n) is 6.25. The molecule has 0 bridgehead atoms. The molecule has 2 aromatic rings. The first-order chi connectivity index (χ1) is 8.81. The molecule has 0 aliphatic carbocycles. The van der Waals surface area contributed by atoms with E-state index in [4.69, 9.17) is 9.47 Å². The lowest BCUT2D eigenvalue weighted by Crippen LogP contribution is -2.31. The smallest absolute Gasteiger partial charge is 0.162 e. The Balaban J connectivity index is 1.75. The van der Waals surface area contributed by atoms with E-state index in [0.717, 1.165) is 17.9 Å². The molecule has 1 unspecified atom stereocenters. The van der Waals surface area contributed by atoms with Crippen LogP contribution in [0.3, 0.4) is 0 Å². The van der Waals surface area contributed by atoms with Crippen molar-refractivity contribution in [3.63, 3.8) is 0 Å². The van der Waals surface area contributed by atoms with Gasteiger partial charge in [-0.2, -0.15) is 0 Å². The third-order valence-corrected chi connectivity index (χ3v) is 3.12. The fourth-order valence-electron chi connectivity index (χ4n) is 2.20. The molecular weight excluding hydrogens is 224 g/mol. The zero-order valence-corrected chi connectivity index (χ0v) is 10.4. The normalized spacial score (nSPS) is 17.5. The molecule has 3 rings (SSSR count). The van der Waals surface area contributed by atoms with Crippen LogP contribution in [0.1, 0.15) is 11.1 Å². The number of hydrogen-bond acceptors (Lipinski definition) is 2. The van der Waals surface area contributed by atoms with Gasteiger partial charge in [0.25, 0.3) is 0 Å². The van der Waals surface area contributed by atoms with Gasteiger partial charge >= 0.3 is 0 Å². The minimum Gasteiger partial charge on any atom is -0.486 e. The topological polar surface area (TPSA) is 18.5 Å². The molecule has 0 amide bonds. The maximum atomic E-state index is 5.99. The Morgan fingerprint density at radius 2 is 1.89 bits per heavy atom. The van der Waals surface area contributed by atoms with Gasteiger partial charge in [-0.3, -0.25) is 0 Å². The van der Waals surface area contributed by atoms with Gasteiger partial charge < -0.3 is 9.47 Å². The molecule has 2 heteroatoms. The van der Waals surface area contributed by atoms with Crippen molar-refractivity contribution in [1.29, 1.82) is 0 Å². The van der Waals surface area contributed by atoms with E-state index in [9.17, 15) is 0 Å². The van der Waals surface area contributed by atoms with Crippen LogP contribution < -0.4 is 9.47 Å². The molecule has 18 heavy (non-hydrogen) atoms. The summed E-state index contributed by atoms with van der Waals surface area (Å²) < 4.78 is 11.7. The molecule has 0 saturated carbocycles. The predicted octanol–water partition coefficient (Wildman–Crippen LogP) is 3.38. The average molecular weight is 240 g/mol. The molecular formula is C16H16O2. The second kappa shape index (κ2) is 4.73. The van der Waals surface area contributed by atoms with E-state index in [1.807, 2.05) is 24.3 Å². The van der Waals surface area contributed by atoms with Crippen LogP contribution in [0.25, 0.3) is 0 Å². The van der Waals surface area contributed by atoms with Crippen molar-refractivity contribution in [3.8, 4) is 11.5 Å². The van der Waals surface area contributed by atoms with Gasteiger partial charge in [0, 0.05) is 6.42 Å². The van der Waals surface area contributed by atoms with Crippen LogP contribution in [0.15, 0.2) is 48.5 Å². The van der Waals surface area contributed by atoms with Gasteiger partial charge in [-0.25, -0.2) is 0 Å². The fourth-order valence-corrected chi connectivity index (χ4v) is 2.20. The summed E-state index contributed by atoms with van der Waals surface area (Å²) in [5, 5.41) is 0. The van der Waals surface area contributed by atoms with Crippen LogP contribution in [0.4, 0.5) is 0 Å². The summed E-state index contributed by atoms with van der Waals surface area (Å²) in [5.41, 5.74) is 2.47. The van der Waals surface area contributed by atoms with E-state index < -0.39 is 0 Å². The number of fused-ring (bicyclic) bond motifs is 1. The van der Waals surface area contributed by atoms with E-state index in [1.54, 1.807) is 0 Å². The minimum absolute atomic E-state index is 0.0988. The van der Waals surface area contributed by atoms with Crippen LogP contribution in [-0.2, 0) is 6.42 Å². The summed E-state index contributed by atoms with van der Waals surface area (Å²) >= 11 is 0. The van der Waals surface area contributed by atoms with E-state index in [-0.39, 0.29) is 6.10 Å². The second-order valence-electron chi connectivity index (χ2n) is 4.69. The first-order valence-corrected chi connectivity index (χ1v) is 6.25. The van der Waals surface area contributed by atoms with Gasteiger partial charge in [0.1, 0.15) is 12.7 Å². The van der Waals surface area contributed by atoms with Crippen molar-refractivity contribution in [3.05, 3.63) is 59.7 Å². The van der Waals surface area contributed by atoms with Gasteiger partial charge in [0.15, 0.2) is 11.5 Å². The molecule has 0 N–H and O–H groups in total. The van der Waals surface area contributed by atoms with Gasteiger partial charge in [-0.15, -0.1) is 0 Å². The van der Waals surface area contributed by atoms with Gasteiger partial charge in [-0.1, -0.05) is 36.4 Å². The Morgan fingerprint density at radius 3 is 2.72 bits per heavy atom. The van der Waals surface area contributed by atoms with Crippen LogP contribution >= 0.6 is 0 Å². The Bertz CT molecular complexity index is 534. The lowest BCUT2D eigenvalue weighted by Gasteiger charge is -2.26. The number of hydrogen-bond donors (Lipinski definition) is 0. The molecule has 0 saturated heterocycles. The molecule has 1 atom stereocenters. The number of ether oxygens (including phenoxy) is 2. The highest BCUT2D eigenvalue weighted by atomic mass is 16.6. The van der Waals surface area contributed by atoms with Gasteiger partial charge in [0.2, 0.25) is 0 Å². The minimum atomic E-state index is 0.0988. The van der Waals surface area contributed by atoms with E-state index in [1.165, 1.54) is 11.1 Å². The molecule has 2 nitrogen and oxygen atoms in total. The molecule has 92 valence electrons.